The smallest absolute Gasteiger partial charge is 0.0855 e. The predicted molar refractivity (Wildman–Crippen MR) is 70.8 cm³/mol. The second kappa shape index (κ2) is 4.88. The molecule has 0 aliphatic rings. The first-order valence-corrected chi connectivity index (χ1v) is 5.89. The summed E-state index contributed by atoms with van der Waals surface area (Å²) in [6.07, 6.45) is 3.40. The average molecular weight is 243 g/mol. The third kappa shape index (κ3) is 2.58. The third-order valence-corrected chi connectivity index (χ3v) is 2.94. The standard InChI is InChI=1S/C15H17NO2/c1-15(2,18)13-7-12(8-16-9-13)14-6-4-3-5-11(14)10-17/h3-9,17-18H,10H2,1-2H3. The van der Waals surface area contributed by atoms with Crippen LogP contribution in [0.2, 0.25) is 0 Å². The van der Waals surface area contributed by atoms with Crippen LogP contribution in [-0.4, -0.2) is 15.2 Å². The van der Waals surface area contributed by atoms with Gasteiger partial charge in [-0.3, -0.25) is 4.98 Å². The zero-order valence-electron chi connectivity index (χ0n) is 10.6. The van der Waals surface area contributed by atoms with E-state index < -0.39 is 5.60 Å². The summed E-state index contributed by atoms with van der Waals surface area (Å²) in [5.41, 5.74) is 2.54. The molecule has 0 bridgehead atoms. The van der Waals surface area contributed by atoms with Gasteiger partial charge in [-0.25, -0.2) is 0 Å². The molecule has 0 spiro atoms. The molecule has 0 fully saturated rings. The first-order chi connectivity index (χ1) is 8.52. The lowest BCUT2D eigenvalue weighted by Crippen LogP contribution is -2.15. The summed E-state index contributed by atoms with van der Waals surface area (Å²) in [7, 11) is 0. The number of benzene rings is 1. The Bertz CT molecular complexity index is 544. The summed E-state index contributed by atoms with van der Waals surface area (Å²) >= 11 is 0. The van der Waals surface area contributed by atoms with Gasteiger partial charge in [0.1, 0.15) is 0 Å². The lowest BCUT2D eigenvalue weighted by molar-refractivity contribution is 0.0783. The number of nitrogens with zero attached hydrogens (tertiary/aromatic N) is 1. The Balaban J connectivity index is 2.51. The van der Waals surface area contributed by atoms with Crippen molar-refractivity contribution >= 4 is 0 Å². The van der Waals surface area contributed by atoms with Gasteiger partial charge in [0, 0.05) is 23.5 Å². The van der Waals surface area contributed by atoms with Gasteiger partial charge in [-0.05, 0) is 31.0 Å². The number of aromatic nitrogens is 1. The lowest BCUT2D eigenvalue weighted by Gasteiger charge is -2.18. The number of rotatable bonds is 3. The molecule has 0 atom stereocenters. The highest BCUT2D eigenvalue weighted by Crippen LogP contribution is 2.27. The Labute approximate surface area is 107 Å². The summed E-state index contributed by atoms with van der Waals surface area (Å²) in [4.78, 5) is 4.16. The van der Waals surface area contributed by atoms with E-state index in [1.807, 2.05) is 30.3 Å². The average Bonchev–Trinajstić information content (AvgIpc) is 2.38. The van der Waals surface area contributed by atoms with Crippen molar-refractivity contribution in [2.75, 3.05) is 0 Å². The van der Waals surface area contributed by atoms with Crippen molar-refractivity contribution in [3.8, 4) is 11.1 Å². The fourth-order valence-electron chi connectivity index (χ4n) is 1.86. The number of pyridine rings is 1. The zero-order valence-corrected chi connectivity index (χ0v) is 10.6. The first kappa shape index (κ1) is 12.7. The molecule has 1 aromatic heterocycles. The zero-order chi connectivity index (χ0) is 13.2. The fraction of sp³-hybridized carbons (Fsp3) is 0.267. The minimum absolute atomic E-state index is 0.0110. The van der Waals surface area contributed by atoms with Crippen molar-refractivity contribution in [2.45, 2.75) is 26.1 Å². The molecule has 94 valence electrons. The van der Waals surface area contributed by atoms with E-state index in [4.69, 9.17) is 0 Å². The Morgan fingerprint density at radius 1 is 1.17 bits per heavy atom. The maximum absolute atomic E-state index is 10.00. The van der Waals surface area contributed by atoms with Gasteiger partial charge in [0.2, 0.25) is 0 Å². The molecule has 3 nitrogen and oxygen atoms in total. The molecular formula is C15H17NO2. The highest BCUT2D eigenvalue weighted by atomic mass is 16.3. The van der Waals surface area contributed by atoms with Crippen LogP contribution in [0.5, 0.6) is 0 Å². The number of hydrogen-bond acceptors (Lipinski definition) is 3. The van der Waals surface area contributed by atoms with Crippen LogP contribution >= 0.6 is 0 Å². The van der Waals surface area contributed by atoms with Crippen molar-refractivity contribution in [2.24, 2.45) is 0 Å². The molecule has 0 aliphatic carbocycles. The molecular weight excluding hydrogens is 226 g/mol. The van der Waals surface area contributed by atoms with Crippen LogP contribution in [0.4, 0.5) is 0 Å². The van der Waals surface area contributed by atoms with E-state index in [2.05, 4.69) is 4.98 Å². The van der Waals surface area contributed by atoms with E-state index in [9.17, 15) is 10.2 Å². The maximum atomic E-state index is 10.00. The first-order valence-electron chi connectivity index (χ1n) is 5.89. The summed E-state index contributed by atoms with van der Waals surface area (Å²) in [5, 5.41) is 19.3. The lowest BCUT2D eigenvalue weighted by atomic mass is 9.95. The summed E-state index contributed by atoms with van der Waals surface area (Å²) in [5.74, 6) is 0. The molecule has 2 aromatic rings. The van der Waals surface area contributed by atoms with E-state index in [1.165, 1.54) is 0 Å². The summed E-state index contributed by atoms with van der Waals surface area (Å²) in [6.45, 7) is 3.44. The Hall–Kier alpha value is -1.71. The number of aliphatic hydroxyl groups excluding tert-OH is 1. The van der Waals surface area contributed by atoms with Gasteiger partial charge in [-0.2, -0.15) is 0 Å². The minimum Gasteiger partial charge on any atom is -0.392 e. The number of aliphatic hydroxyl groups is 2. The second-order valence-corrected chi connectivity index (χ2v) is 4.84. The molecule has 0 radical (unpaired) electrons. The van der Waals surface area contributed by atoms with Gasteiger partial charge in [-0.1, -0.05) is 24.3 Å². The molecule has 18 heavy (non-hydrogen) atoms. The van der Waals surface area contributed by atoms with Crippen molar-refractivity contribution in [1.29, 1.82) is 0 Å². The van der Waals surface area contributed by atoms with Crippen molar-refractivity contribution in [3.05, 3.63) is 53.9 Å². The van der Waals surface area contributed by atoms with E-state index in [0.717, 1.165) is 22.3 Å². The van der Waals surface area contributed by atoms with E-state index in [-0.39, 0.29) is 6.61 Å². The van der Waals surface area contributed by atoms with Gasteiger partial charge in [0.05, 0.1) is 12.2 Å². The Kier molecular flexibility index (Phi) is 3.45. The molecule has 1 heterocycles. The summed E-state index contributed by atoms with van der Waals surface area (Å²) < 4.78 is 0. The van der Waals surface area contributed by atoms with Gasteiger partial charge in [0.25, 0.3) is 0 Å². The normalized spacial score (nSPS) is 11.6. The van der Waals surface area contributed by atoms with Crippen LogP contribution in [0.3, 0.4) is 0 Å². The molecule has 0 saturated heterocycles. The molecule has 1 aromatic carbocycles. The highest BCUT2D eigenvalue weighted by Gasteiger charge is 2.17. The van der Waals surface area contributed by atoms with Gasteiger partial charge in [0.15, 0.2) is 0 Å². The largest absolute Gasteiger partial charge is 0.392 e. The minimum atomic E-state index is -0.919. The van der Waals surface area contributed by atoms with Crippen LogP contribution in [-0.2, 0) is 12.2 Å². The van der Waals surface area contributed by atoms with E-state index >= 15 is 0 Å². The van der Waals surface area contributed by atoms with Crippen LogP contribution in [0.15, 0.2) is 42.7 Å². The Morgan fingerprint density at radius 2 is 1.89 bits per heavy atom. The molecule has 3 heteroatoms. The Morgan fingerprint density at radius 3 is 2.56 bits per heavy atom. The molecule has 0 aliphatic heterocycles. The SMILES string of the molecule is CC(C)(O)c1cncc(-c2ccccc2CO)c1. The molecule has 0 amide bonds. The third-order valence-electron chi connectivity index (χ3n) is 2.94. The monoisotopic (exact) mass is 243 g/mol. The van der Waals surface area contributed by atoms with Crippen LogP contribution in [0.25, 0.3) is 11.1 Å². The second-order valence-electron chi connectivity index (χ2n) is 4.84. The van der Waals surface area contributed by atoms with E-state index in [0.29, 0.717) is 0 Å². The van der Waals surface area contributed by atoms with Crippen molar-refractivity contribution in [1.82, 2.24) is 4.98 Å². The van der Waals surface area contributed by atoms with Crippen molar-refractivity contribution in [3.63, 3.8) is 0 Å². The quantitative estimate of drug-likeness (QED) is 0.870. The molecule has 0 unspecified atom stereocenters. The van der Waals surface area contributed by atoms with Crippen molar-refractivity contribution < 1.29 is 10.2 Å². The van der Waals surface area contributed by atoms with Gasteiger partial charge in [-0.15, -0.1) is 0 Å². The molecule has 2 rings (SSSR count). The number of hydrogen-bond donors (Lipinski definition) is 2. The topological polar surface area (TPSA) is 53.4 Å². The maximum Gasteiger partial charge on any atom is 0.0855 e. The van der Waals surface area contributed by atoms with Crippen LogP contribution in [0, 0.1) is 0 Å². The van der Waals surface area contributed by atoms with Gasteiger partial charge >= 0.3 is 0 Å². The highest BCUT2D eigenvalue weighted by molar-refractivity contribution is 5.67. The predicted octanol–water partition coefficient (Wildman–Crippen LogP) is 2.47. The van der Waals surface area contributed by atoms with E-state index in [1.54, 1.807) is 26.2 Å². The van der Waals surface area contributed by atoms with Crippen LogP contribution < -0.4 is 0 Å². The van der Waals surface area contributed by atoms with Crippen LogP contribution in [0.1, 0.15) is 25.0 Å². The fourth-order valence-corrected chi connectivity index (χ4v) is 1.86. The molecule has 2 N–H and O–H groups in total. The van der Waals surface area contributed by atoms with Gasteiger partial charge < -0.3 is 10.2 Å². The summed E-state index contributed by atoms with van der Waals surface area (Å²) in [6, 6.07) is 9.54. The molecule has 0 saturated carbocycles.